The average Bonchev–Trinajstić information content (AvgIpc) is 2.60. The van der Waals surface area contributed by atoms with Gasteiger partial charge in [0, 0.05) is 10.0 Å². The van der Waals surface area contributed by atoms with Crippen molar-refractivity contribution in [2.24, 2.45) is 0 Å². The van der Waals surface area contributed by atoms with Gasteiger partial charge < -0.3 is 0 Å². The molecule has 0 radical (unpaired) electrons. The van der Waals surface area contributed by atoms with E-state index in [1.807, 2.05) is 0 Å². The standard InChI is InChI=1S/C12H6Cl3NO3S/c13-7-2-1-6(8(14)4-7)3-9-11(18)16(5-10(15)17)12(19)20-9/h1-4H,5H2. The summed E-state index contributed by atoms with van der Waals surface area (Å²) in [5.74, 6) is -0.569. The van der Waals surface area contributed by atoms with Crippen molar-refractivity contribution in [2.45, 2.75) is 0 Å². The number of thioether (sulfide) groups is 1. The largest absolute Gasteiger partial charge is 0.294 e. The SMILES string of the molecule is O=C(Cl)CN1C(=O)SC(=Cc2ccc(Cl)cc2Cl)C1=O. The van der Waals surface area contributed by atoms with Gasteiger partial charge in [-0.25, -0.2) is 0 Å². The average molecular weight is 351 g/mol. The van der Waals surface area contributed by atoms with Crippen molar-refractivity contribution in [2.75, 3.05) is 6.54 Å². The number of hydrogen-bond acceptors (Lipinski definition) is 4. The first-order valence-corrected chi connectivity index (χ1v) is 7.22. The summed E-state index contributed by atoms with van der Waals surface area (Å²) in [6, 6.07) is 4.78. The number of rotatable bonds is 3. The number of carbonyl (C=O) groups is 3. The maximum Gasteiger partial charge on any atom is 0.294 e. The molecule has 0 saturated carbocycles. The van der Waals surface area contributed by atoms with Crippen LogP contribution in [0.15, 0.2) is 23.1 Å². The molecular formula is C12H6Cl3NO3S. The third-order valence-electron chi connectivity index (χ3n) is 2.41. The number of hydrogen-bond donors (Lipinski definition) is 0. The van der Waals surface area contributed by atoms with Crippen molar-refractivity contribution < 1.29 is 14.4 Å². The predicted molar refractivity (Wildman–Crippen MR) is 80.0 cm³/mol. The quantitative estimate of drug-likeness (QED) is 0.615. The van der Waals surface area contributed by atoms with Crippen LogP contribution < -0.4 is 0 Å². The van der Waals surface area contributed by atoms with E-state index in [4.69, 9.17) is 34.8 Å². The summed E-state index contributed by atoms with van der Waals surface area (Å²) < 4.78 is 0. The van der Waals surface area contributed by atoms with Gasteiger partial charge in [0.25, 0.3) is 11.1 Å². The molecule has 0 spiro atoms. The van der Waals surface area contributed by atoms with Gasteiger partial charge in [0.15, 0.2) is 0 Å². The Morgan fingerprint density at radius 3 is 2.60 bits per heavy atom. The van der Waals surface area contributed by atoms with Gasteiger partial charge in [0.2, 0.25) is 5.24 Å². The first-order valence-electron chi connectivity index (χ1n) is 5.27. The molecule has 104 valence electrons. The van der Waals surface area contributed by atoms with Crippen molar-refractivity contribution in [3.8, 4) is 0 Å². The minimum Gasteiger partial charge on any atom is -0.279 e. The Hall–Kier alpha value is -1.01. The molecule has 0 N–H and O–H groups in total. The molecule has 2 rings (SSSR count). The second-order valence-electron chi connectivity index (χ2n) is 3.79. The lowest BCUT2D eigenvalue weighted by Crippen LogP contribution is -2.31. The van der Waals surface area contributed by atoms with Gasteiger partial charge >= 0.3 is 0 Å². The number of imide groups is 1. The van der Waals surface area contributed by atoms with E-state index < -0.39 is 22.9 Å². The van der Waals surface area contributed by atoms with E-state index in [2.05, 4.69) is 0 Å². The van der Waals surface area contributed by atoms with Gasteiger partial charge in [-0.3, -0.25) is 19.3 Å². The van der Waals surface area contributed by atoms with Crippen LogP contribution in [0.5, 0.6) is 0 Å². The zero-order valence-electron chi connectivity index (χ0n) is 9.73. The van der Waals surface area contributed by atoms with Gasteiger partial charge in [-0.15, -0.1) is 0 Å². The van der Waals surface area contributed by atoms with Crippen LogP contribution in [-0.2, 0) is 9.59 Å². The molecule has 1 heterocycles. The van der Waals surface area contributed by atoms with Crippen LogP contribution >= 0.6 is 46.6 Å². The van der Waals surface area contributed by atoms with E-state index in [9.17, 15) is 14.4 Å². The fourth-order valence-corrected chi connectivity index (χ4v) is 2.93. The van der Waals surface area contributed by atoms with Crippen LogP contribution in [0, 0.1) is 0 Å². The van der Waals surface area contributed by atoms with Crippen molar-refractivity contribution >= 4 is 69.0 Å². The van der Waals surface area contributed by atoms with Crippen molar-refractivity contribution in [3.05, 3.63) is 38.7 Å². The van der Waals surface area contributed by atoms with Crippen LogP contribution in [0.4, 0.5) is 4.79 Å². The topological polar surface area (TPSA) is 54.5 Å². The molecule has 1 fully saturated rings. The van der Waals surface area contributed by atoms with Crippen LogP contribution in [0.1, 0.15) is 5.56 Å². The highest BCUT2D eigenvalue weighted by atomic mass is 35.5. The highest BCUT2D eigenvalue weighted by Gasteiger charge is 2.36. The molecule has 4 nitrogen and oxygen atoms in total. The van der Waals surface area contributed by atoms with Crippen molar-refractivity contribution in [3.63, 3.8) is 0 Å². The van der Waals surface area contributed by atoms with E-state index in [1.54, 1.807) is 12.1 Å². The Morgan fingerprint density at radius 2 is 2.00 bits per heavy atom. The second-order valence-corrected chi connectivity index (χ2v) is 6.05. The van der Waals surface area contributed by atoms with Crippen molar-refractivity contribution in [1.29, 1.82) is 0 Å². The van der Waals surface area contributed by atoms with Gasteiger partial charge in [-0.2, -0.15) is 0 Å². The van der Waals surface area contributed by atoms with Crippen molar-refractivity contribution in [1.82, 2.24) is 4.90 Å². The summed E-state index contributed by atoms with van der Waals surface area (Å²) in [7, 11) is 0. The molecule has 1 saturated heterocycles. The molecule has 0 bridgehead atoms. The normalized spacial score (nSPS) is 17.1. The highest BCUT2D eigenvalue weighted by Crippen LogP contribution is 2.33. The van der Waals surface area contributed by atoms with Crippen LogP contribution in [0.2, 0.25) is 10.0 Å². The fraction of sp³-hybridized carbons (Fsp3) is 0.0833. The zero-order valence-corrected chi connectivity index (χ0v) is 12.8. The summed E-state index contributed by atoms with van der Waals surface area (Å²) in [5, 5.41) is -0.496. The Kier molecular flexibility index (Phi) is 4.75. The lowest BCUT2D eigenvalue weighted by atomic mass is 10.2. The molecule has 0 atom stereocenters. The molecule has 1 aliphatic rings. The summed E-state index contributed by atoms with van der Waals surface area (Å²) >= 11 is 17.7. The number of carbonyl (C=O) groups excluding carboxylic acids is 3. The molecule has 0 unspecified atom stereocenters. The molecule has 2 amide bonds. The number of halogens is 3. The highest BCUT2D eigenvalue weighted by molar-refractivity contribution is 8.18. The van der Waals surface area contributed by atoms with E-state index in [0.29, 0.717) is 15.6 Å². The Morgan fingerprint density at radius 1 is 1.30 bits per heavy atom. The minimum atomic E-state index is -0.780. The third kappa shape index (κ3) is 3.35. The Bertz CT molecular complexity index is 645. The number of benzene rings is 1. The molecule has 1 aromatic carbocycles. The van der Waals surface area contributed by atoms with Gasteiger partial charge in [-0.05, 0) is 47.1 Å². The first-order chi connectivity index (χ1) is 9.38. The molecule has 20 heavy (non-hydrogen) atoms. The van der Waals surface area contributed by atoms with Gasteiger partial charge in [0.1, 0.15) is 6.54 Å². The fourth-order valence-electron chi connectivity index (χ4n) is 1.52. The summed E-state index contributed by atoms with van der Waals surface area (Å²) in [5.41, 5.74) is 0.554. The minimum absolute atomic E-state index is 0.178. The number of nitrogens with zero attached hydrogens (tertiary/aromatic N) is 1. The summed E-state index contributed by atoms with van der Waals surface area (Å²) in [6.45, 7) is -0.447. The lowest BCUT2D eigenvalue weighted by Gasteiger charge is -2.07. The molecule has 8 heteroatoms. The molecule has 0 aromatic heterocycles. The second kappa shape index (κ2) is 6.18. The van der Waals surface area contributed by atoms with Crippen LogP contribution in [0.3, 0.4) is 0 Å². The molecule has 1 aliphatic heterocycles. The third-order valence-corrected chi connectivity index (χ3v) is 3.99. The Balaban J connectivity index is 2.30. The summed E-state index contributed by atoms with van der Waals surface area (Å²) in [4.78, 5) is 35.4. The molecule has 0 aliphatic carbocycles. The maximum atomic E-state index is 12.0. The summed E-state index contributed by atoms with van der Waals surface area (Å²) in [6.07, 6.45) is 1.47. The van der Waals surface area contributed by atoms with E-state index in [1.165, 1.54) is 12.1 Å². The molecular weight excluding hydrogens is 345 g/mol. The smallest absolute Gasteiger partial charge is 0.279 e. The Labute approximate surface area is 133 Å². The first kappa shape index (κ1) is 15.4. The predicted octanol–water partition coefficient (Wildman–Crippen LogP) is 3.80. The molecule has 1 aromatic rings. The van der Waals surface area contributed by atoms with Gasteiger partial charge in [0.05, 0.1) is 4.91 Å². The monoisotopic (exact) mass is 349 g/mol. The van der Waals surface area contributed by atoms with E-state index >= 15 is 0 Å². The lowest BCUT2D eigenvalue weighted by molar-refractivity contribution is -0.125. The maximum absolute atomic E-state index is 12.0. The van der Waals surface area contributed by atoms with Crippen LogP contribution in [0.25, 0.3) is 6.08 Å². The van der Waals surface area contributed by atoms with E-state index in [0.717, 1.165) is 16.7 Å². The van der Waals surface area contributed by atoms with Gasteiger partial charge in [-0.1, -0.05) is 29.3 Å². The van der Waals surface area contributed by atoms with Crippen LogP contribution in [-0.4, -0.2) is 27.8 Å². The van der Waals surface area contributed by atoms with E-state index in [-0.39, 0.29) is 4.91 Å². The number of amides is 2. The zero-order chi connectivity index (χ0) is 14.9.